The molecule has 10 nitrogen and oxygen atoms in total. The topological polar surface area (TPSA) is 158 Å². The standard InChI is InChI=1S/C25H35N5O5/c1-14(2)11-18(26)22(31)28-15(3)24(33)30-10-6-9-21(30)23(32)29-20(25(34)35)12-16-13-27-19-8-5-4-7-17(16)19/h4-5,7-8,13-15,18,20-21,27H,6,9-12,26H2,1-3H3,(H,28,31)(H,29,32)(H,34,35). The molecule has 6 N–H and O–H groups in total. The van der Waals surface area contributed by atoms with Crippen molar-refractivity contribution in [3.63, 3.8) is 0 Å². The molecular weight excluding hydrogens is 450 g/mol. The molecule has 35 heavy (non-hydrogen) atoms. The highest BCUT2D eigenvalue weighted by atomic mass is 16.4. The number of carboxylic acids is 1. The van der Waals surface area contributed by atoms with E-state index in [-0.39, 0.29) is 12.3 Å². The summed E-state index contributed by atoms with van der Waals surface area (Å²) in [6.07, 6.45) is 3.37. The second-order valence-corrected chi connectivity index (χ2v) is 9.62. The van der Waals surface area contributed by atoms with E-state index in [1.165, 1.54) is 4.90 Å². The van der Waals surface area contributed by atoms with Gasteiger partial charge in [-0.2, -0.15) is 0 Å². The van der Waals surface area contributed by atoms with Crippen LogP contribution >= 0.6 is 0 Å². The Kier molecular flexibility index (Phi) is 8.50. The zero-order chi connectivity index (χ0) is 25.7. The summed E-state index contributed by atoms with van der Waals surface area (Å²) >= 11 is 0. The van der Waals surface area contributed by atoms with E-state index in [4.69, 9.17) is 5.73 Å². The van der Waals surface area contributed by atoms with Crippen LogP contribution in [0.2, 0.25) is 0 Å². The van der Waals surface area contributed by atoms with Crippen molar-refractivity contribution >= 4 is 34.6 Å². The van der Waals surface area contributed by atoms with Gasteiger partial charge in [-0.3, -0.25) is 14.4 Å². The summed E-state index contributed by atoms with van der Waals surface area (Å²) in [6, 6.07) is 4.02. The highest BCUT2D eigenvalue weighted by Gasteiger charge is 2.38. The van der Waals surface area contributed by atoms with Gasteiger partial charge in [-0.15, -0.1) is 0 Å². The van der Waals surface area contributed by atoms with Crippen LogP contribution in [-0.2, 0) is 25.6 Å². The van der Waals surface area contributed by atoms with E-state index in [1.807, 2.05) is 38.1 Å². The number of carboxylic acid groups (broad SMARTS) is 1. The minimum atomic E-state index is -1.15. The van der Waals surface area contributed by atoms with Gasteiger partial charge in [-0.25, -0.2) is 4.79 Å². The molecule has 1 aromatic carbocycles. The van der Waals surface area contributed by atoms with Crippen molar-refractivity contribution in [3.05, 3.63) is 36.0 Å². The van der Waals surface area contributed by atoms with Gasteiger partial charge in [0.15, 0.2) is 0 Å². The number of rotatable bonds is 10. The smallest absolute Gasteiger partial charge is 0.326 e. The molecule has 190 valence electrons. The van der Waals surface area contributed by atoms with Crippen LogP contribution in [0.15, 0.2) is 30.5 Å². The van der Waals surface area contributed by atoms with Crippen molar-refractivity contribution in [2.75, 3.05) is 6.54 Å². The predicted molar refractivity (Wildman–Crippen MR) is 131 cm³/mol. The van der Waals surface area contributed by atoms with Crippen LogP contribution in [0.3, 0.4) is 0 Å². The number of aromatic nitrogens is 1. The van der Waals surface area contributed by atoms with E-state index in [0.29, 0.717) is 25.8 Å². The summed E-state index contributed by atoms with van der Waals surface area (Å²) in [6.45, 7) is 5.83. The van der Waals surface area contributed by atoms with Gasteiger partial charge in [0.2, 0.25) is 17.7 Å². The van der Waals surface area contributed by atoms with E-state index in [2.05, 4.69) is 15.6 Å². The molecule has 1 aliphatic rings. The second-order valence-electron chi connectivity index (χ2n) is 9.62. The lowest BCUT2D eigenvalue weighted by Crippen LogP contribution is -2.56. The van der Waals surface area contributed by atoms with Crippen molar-refractivity contribution in [2.45, 2.75) is 70.6 Å². The van der Waals surface area contributed by atoms with Gasteiger partial charge in [0.05, 0.1) is 6.04 Å². The van der Waals surface area contributed by atoms with Crippen molar-refractivity contribution in [3.8, 4) is 0 Å². The van der Waals surface area contributed by atoms with Gasteiger partial charge in [-0.05, 0) is 43.7 Å². The first-order valence-corrected chi connectivity index (χ1v) is 12.0. The average molecular weight is 486 g/mol. The third kappa shape index (κ3) is 6.39. The summed E-state index contributed by atoms with van der Waals surface area (Å²) in [5.74, 6) is -2.24. The summed E-state index contributed by atoms with van der Waals surface area (Å²) in [7, 11) is 0. The molecule has 0 spiro atoms. The quantitative estimate of drug-likeness (QED) is 0.340. The minimum absolute atomic E-state index is 0.103. The molecule has 3 amide bonds. The zero-order valence-corrected chi connectivity index (χ0v) is 20.4. The lowest BCUT2D eigenvalue weighted by molar-refractivity contribution is -0.144. The summed E-state index contributed by atoms with van der Waals surface area (Å²) < 4.78 is 0. The largest absolute Gasteiger partial charge is 0.480 e. The maximum atomic E-state index is 13.1. The van der Waals surface area contributed by atoms with Crippen molar-refractivity contribution in [1.82, 2.24) is 20.5 Å². The molecule has 1 aromatic heterocycles. The van der Waals surface area contributed by atoms with Crippen LogP contribution in [0.5, 0.6) is 0 Å². The third-order valence-corrected chi connectivity index (χ3v) is 6.34. The number of fused-ring (bicyclic) bond motifs is 1. The number of benzene rings is 1. The number of aromatic amines is 1. The molecule has 0 bridgehead atoms. The maximum absolute atomic E-state index is 13.1. The van der Waals surface area contributed by atoms with E-state index in [0.717, 1.165) is 16.5 Å². The Hall–Kier alpha value is -3.40. The predicted octanol–water partition coefficient (Wildman–Crippen LogP) is 1.15. The van der Waals surface area contributed by atoms with Crippen LogP contribution in [0.1, 0.15) is 45.6 Å². The Balaban J connectivity index is 1.64. The van der Waals surface area contributed by atoms with Gasteiger partial charge >= 0.3 is 5.97 Å². The maximum Gasteiger partial charge on any atom is 0.326 e. The van der Waals surface area contributed by atoms with E-state index < -0.39 is 47.9 Å². The molecular formula is C25H35N5O5. The highest BCUT2D eigenvalue weighted by Crippen LogP contribution is 2.21. The Morgan fingerprint density at radius 1 is 1.17 bits per heavy atom. The SMILES string of the molecule is CC(C)CC(N)C(=O)NC(C)C(=O)N1CCCC1C(=O)NC(Cc1c[nH]c2ccccc12)C(=O)O. The molecule has 1 aliphatic heterocycles. The molecule has 0 radical (unpaired) electrons. The van der Waals surface area contributed by atoms with Gasteiger partial charge < -0.3 is 31.4 Å². The molecule has 3 rings (SSSR count). The third-order valence-electron chi connectivity index (χ3n) is 6.34. The first kappa shape index (κ1) is 26.2. The number of aliphatic carboxylic acids is 1. The molecule has 1 saturated heterocycles. The number of hydrogen-bond acceptors (Lipinski definition) is 5. The van der Waals surface area contributed by atoms with Gasteiger partial charge in [-0.1, -0.05) is 32.0 Å². The fraction of sp³-hybridized carbons (Fsp3) is 0.520. The lowest BCUT2D eigenvalue weighted by atomic mass is 10.0. The number of H-pyrrole nitrogens is 1. The first-order valence-electron chi connectivity index (χ1n) is 12.0. The molecule has 4 atom stereocenters. The Bertz CT molecular complexity index is 1080. The van der Waals surface area contributed by atoms with E-state index in [9.17, 15) is 24.3 Å². The average Bonchev–Trinajstić information content (AvgIpc) is 3.45. The fourth-order valence-electron chi connectivity index (χ4n) is 4.54. The van der Waals surface area contributed by atoms with Gasteiger partial charge in [0.25, 0.3) is 0 Å². The number of carbonyl (C=O) groups is 4. The number of nitrogens with zero attached hydrogens (tertiary/aromatic N) is 1. The van der Waals surface area contributed by atoms with E-state index in [1.54, 1.807) is 13.1 Å². The second kappa shape index (κ2) is 11.4. The Morgan fingerprint density at radius 3 is 2.57 bits per heavy atom. The molecule has 4 unspecified atom stereocenters. The summed E-state index contributed by atoms with van der Waals surface area (Å²) in [5, 5.41) is 15.9. The number of para-hydroxylation sites is 1. The minimum Gasteiger partial charge on any atom is -0.480 e. The highest BCUT2D eigenvalue weighted by molar-refractivity contribution is 5.94. The number of nitrogens with one attached hydrogen (secondary N) is 3. The first-order chi connectivity index (χ1) is 16.6. The van der Waals surface area contributed by atoms with Crippen LogP contribution in [0.25, 0.3) is 10.9 Å². The van der Waals surface area contributed by atoms with Crippen LogP contribution in [0.4, 0.5) is 0 Å². The zero-order valence-electron chi connectivity index (χ0n) is 20.4. The monoisotopic (exact) mass is 485 g/mol. The Labute approximate surface area is 204 Å². The van der Waals surface area contributed by atoms with Crippen LogP contribution in [0, 0.1) is 5.92 Å². The van der Waals surface area contributed by atoms with E-state index >= 15 is 0 Å². The molecule has 2 heterocycles. The van der Waals surface area contributed by atoms with Crippen LogP contribution < -0.4 is 16.4 Å². The molecule has 0 aliphatic carbocycles. The van der Waals surface area contributed by atoms with Gasteiger partial charge in [0.1, 0.15) is 18.1 Å². The van der Waals surface area contributed by atoms with Crippen molar-refractivity contribution in [1.29, 1.82) is 0 Å². The fourth-order valence-corrected chi connectivity index (χ4v) is 4.54. The van der Waals surface area contributed by atoms with Gasteiger partial charge in [0, 0.05) is 30.1 Å². The summed E-state index contributed by atoms with van der Waals surface area (Å²) in [5.41, 5.74) is 7.57. The number of amides is 3. The number of hydrogen-bond donors (Lipinski definition) is 5. The number of nitrogens with two attached hydrogens (primary N) is 1. The normalized spacial score (nSPS) is 18.3. The van der Waals surface area contributed by atoms with Crippen LogP contribution in [-0.4, -0.2) is 69.4 Å². The number of likely N-dealkylation sites (tertiary alicyclic amines) is 1. The molecule has 0 saturated carbocycles. The van der Waals surface area contributed by atoms with Crippen molar-refractivity contribution < 1.29 is 24.3 Å². The number of carbonyl (C=O) groups excluding carboxylic acids is 3. The molecule has 2 aromatic rings. The molecule has 1 fully saturated rings. The van der Waals surface area contributed by atoms with Crippen molar-refractivity contribution in [2.24, 2.45) is 11.7 Å². The lowest BCUT2D eigenvalue weighted by Gasteiger charge is -2.28. The Morgan fingerprint density at radius 2 is 1.89 bits per heavy atom. The summed E-state index contributed by atoms with van der Waals surface area (Å²) in [4.78, 5) is 54.9. The molecule has 10 heteroatoms.